The lowest BCUT2D eigenvalue weighted by atomic mass is 9.83. The molecule has 2 aromatic rings. The number of carbonyl (C=O) groups is 5. The van der Waals surface area contributed by atoms with E-state index in [9.17, 15) is 32.3 Å². The van der Waals surface area contributed by atoms with E-state index in [0.29, 0.717) is 44.8 Å². The summed E-state index contributed by atoms with van der Waals surface area (Å²) in [5, 5.41) is 23.8. The van der Waals surface area contributed by atoms with Gasteiger partial charge in [0.2, 0.25) is 17.7 Å². The molecule has 1 unspecified atom stereocenters. The third kappa shape index (κ3) is 15.5. The number of carboxylic acids is 1. The van der Waals surface area contributed by atoms with E-state index in [1.807, 2.05) is 51.1 Å². The minimum atomic E-state index is -5.08. The molecule has 1 saturated carbocycles. The second-order valence-corrected chi connectivity index (χ2v) is 14.9. The fourth-order valence-electron chi connectivity index (χ4n) is 6.32. The Morgan fingerprint density at radius 1 is 0.857 bits per heavy atom. The maximum atomic E-state index is 14.0. The van der Waals surface area contributed by atoms with Gasteiger partial charge in [-0.25, -0.2) is 9.59 Å². The van der Waals surface area contributed by atoms with Gasteiger partial charge in [0.15, 0.2) is 0 Å². The zero-order valence-corrected chi connectivity index (χ0v) is 32.1. The number of halogens is 3. The molecule has 1 saturated heterocycles. The summed E-state index contributed by atoms with van der Waals surface area (Å²) in [6, 6.07) is 15.6. The molecule has 1 heterocycles. The number of ether oxygens (including phenoxy) is 1. The lowest BCUT2D eigenvalue weighted by Gasteiger charge is -2.35. The van der Waals surface area contributed by atoms with Crippen LogP contribution in [0.1, 0.15) is 69.6 Å². The Hall–Kier alpha value is -5.19. The lowest BCUT2D eigenvalue weighted by molar-refractivity contribution is -0.192. The number of hydrogen-bond donors (Lipinski definition) is 6. The molecule has 4 amide bonds. The predicted molar refractivity (Wildman–Crippen MR) is 202 cm³/mol. The van der Waals surface area contributed by atoms with Crippen molar-refractivity contribution in [1.82, 2.24) is 25.8 Å². The molecule has 308 valence electrons. The van der Waals surface area contributed by atoms with Gasteiger partial charge in [-0.2, -0.15) is 13.2 Å². The van der Waals surface area contributed by atoms with E-state index in [-0.39, 0.29) is 36.7 Å². The topological polar surface area (TPSA) is 207 Å². The van der Waals surface area contributed by atoms with E-state index >= 15 is 0 Å². The number of amidine groups is 1. The highest BCUT2D eigenvalue weighted by molar-refractivity contribution is 6.02. The summed E-state index contributed by atoms with van der Waals surface area (Å²) in [5.41, 5.74) is 7.28. The molecule has 2 aromatic carbocycles. The highest BCUT2D eigenvalue weighted by atomic mass is 19.4. The number of carbonyl (C=O) groups excluding carboxylic acids is 4. The van der Waals surface area contributed by atoms with Gasteiger partial charge in [0.05, 0.1) is 0 Å². The standard InChI is InChI=1S/C37H53N7O5.C2HF3O2/c1-37(2,3)49-36(48)44-22-20-43(21-23-44)19-18-40-35(47)31(28-12-8-5-9-13-28)42-34(46)30(24-26-14-16-29(17-15-26)32(38)39)33(45)41-25-27-10-6-4-7-11-27;3-2(4,5)1(6)7/h4,6-7,10-11,14-17,28,30-31H,5,8-9,12-13,18-25H2,1-3H3,(H3,38,39)(H,40,47)(H,41,45)(H,42,46);(H,6,7)/t30-,31?;/m0./s1. The van der Waals surface area contributed by atoms with Gasteiger partial charge in [-0.3, -0.25) is 24.7 Å². The molecular formula is C39H54F3N7O7. The summed E-state index contributed by atoms with van der Waals surface area (Å²) in [5.74, 6) is -5.10. The van der Waals surface area contributed by atoms with E-state index in [1.54, 1.807) is 29.2 Å². The van der Waals surface area contributed by atoms with Crippen molar-refractivity contribution in [3.63, 3.8) is 0 Å². The molecule has 0 bridgehead atoms. The summed E-state index contributed by atoms with van der Waals surface area (Å²) in [6.07, 6.45) is -0.573. The molecule has 2 atom stereocenters. The van der Waals surface area contributed by atoms with Crippen molar-refractivity contribution in [3.05, 3.63) is 71.3 Å². The van der Waals surface area contributed by atoms with Crippen molar-refractivity contribution in [3.8, 4) is 0 Å². The van der Waals surface area contributed by atoms with Crippen molar-refractivity contribution in [2.24, 2.45) is 17.6 Å². The maximum absolute atomic E-state index is 14.0. The Kier molecular flexibility index (Phi) is 17.1. The number of alkyl halides is 3. The first-order valence-electron chi connectivity index (χ1n) is 18.7. The van der Waals surface area contributed by atoms with Crippen LogP contribution in [-0.4, -0.2) is 108 Å². The number of benzene rings is 2. The van der Waals surface area contributed by atoms with Gasteiger partial charge < -0.3 is 36.4 Å². The lowest BCUT2D eigenvalue weighted by Crippen LogP contribution is -2.56. The first-order valence-corrected chi connectivity index (χ1v) is 18.7. The minimum Gasteiger partial charge on any atom is -0.475 e. The summed E-state index contributed by atoms with van der Waals surface area (Å²) in [7, 11) is 0. The second-order valence-electron chi connectivity index (χ2n) is 14.9. The molecule has 56 heavy (non-hydrogen) atoms. The zero-order chi connectivity index (χ0) is 41.5. The van der Waals surface area contributed by atoms with Crippen molar-refractivity contribution >= 4 is 35.6 Å². The van der Waals surface area contributed by atoms with Gasteiger partial charge in [0, 0.05) is 51.4 Å². The molecule has 1 aliphatic heterocycles. The molecule has 17 heteroatoms. The first-order chi connectivity index (χ1) is 26.3. The minimum absolute atomic E-state index is 0.0297. The Bertz CT molecular complexity index is 1620. The number of aliphatic carboxylic acids is 1. The number of piperazine rings is 1. The van der Waals surface area contributed by atoms with Crippen LogP contribution in [0.25, 0.3) is 0 Å². The number of nitrogen functional groups attached to an aromatic ring is 1. The van der Waals surface area contributed by atoms with Crippen LogP contribution < -0.4 is 21.7 Å². The van der Waals surface area contributed by atoms with Gasteiger partial charge in [-0.05, 0) is 57.1 Å². The molecule has 0 radical (unpaired) electrons. The largest absolute Gasteiger partial charge is 0.490 e. The SMILES string of the molecule is CC(C)(C)OC(=O)N1CCN(CCNC(=O)C(NC(=O)[C@@H](Cc2ccc(C(=N)N)cc2)C(=O)NCc2ccccc2)C2CCCCC2)CC1.O=C(O)C(F)(F)F. The maximum Gasteiger partial charge on any atom is 0.490 e. The summed E-state index contributed by atoms with van der Waals surface area (Å²) >= 11 is 0. The summed E-state index contributed by atoms with van der Waals surface area (Å²) in [4.78, 5) is 66.5. The highest BCUT2D eigenvalue weighted by Gasteiger charge is 2.38. The second kappa shape index (κ2) is 21.2. The monoisotopic (exact) mass is 789 g/mol. The van der Waals surface area contributed by atoms with E-state index in [0.717, 1.165) is 43.2 Å². The molecule has 7 N–H and O–H groups in total. The molecule has 2 fully saturated rings. The van der Waals surface area contributed by atoms with Crippen molar-refractivity contribution in [2.75, 3.05) is 39.3 Å². The molecule has 1 aliphatic carbocycles. The van der Waals surface area contributed by atoms with Crippen LogP contribution >= 0.6 is 0 Å². The van der Waals surface area contributed by atoms with Gasteiger partial charge in [-0.1, -0.05) is 73.9 Å². The number of hydrogen-bond acceptors (Lipinski definition) is 8. The Morgan fingerprint density at radius 2 is 1.45 bits per heavy atom. The smallest absolute Gasteiger partial charge is 0.475 e. The average molecular weight is 790 g/mol. The Balaban J connectivity index is 0.00000109. The van der Waals surface area contributed by atoms with Crippen LogP contribution in [0.15, 0.2) is 54.6 Å². The molecule has 14 nitrogen and oxygen atoms in total. The fourth-order valence-corrected chi connectivity index (χ4v) is 6.32. The van der Waals surface area contributed by atoms with Crippen molar-refractivity contribution in [2.45, 2.75) is 83.7 Å². The quantitative estimate of drug-likeness (QED) is 0.0990. The molecule has 0 aromatic heterocycles. The molecule has 4 rings (SSSR count). The van der Waals surface area contributed by atoms with Crippen LogP contribution in [0.2, 0.25) is 0 Å². The van der Waals surface area contributed by atoms with E-state index in [4.69, 9.17) is 25.8 Å². The first kappa shape index (κ1) is 45.2. The van der Waals surface area contributed by atoms with Gasteiger partial charge in [0.1, 0.15) is 23.4 Å². The number of carboxylic acid groups (broad SMARTS) is 1. The van der Waals surface area contributed by atoms with Crippen LogP contribution in [0.4, 0.5) is 18.0 Å². The predicted octanol–water partition coefficient (Wildman–Crippen LogP) is 3.81. The van der Waals surface area contributed by atoms with E-state index in [2.05, 4.69) is 20.9 Å². The number of nitrogens with zero attached hydrogens (tertiary/aromatic N) is 2. The van der Waals surface area contributed by atoms with Crippen LogP contribution in [0, 0.1) is 17.2 Å². The number of nitrogens with two attached hydrogens (primary N) is 1. The number of amides is 4. The molecule has 2 aliphatic rings. The van der Waals surface area contributed by atoms with Crippen LogP contribution in [0.5, 0.6) is 0 Å². The fraction of sp³-hybridized carbons (Fsp3) is 0.538. The van der Waals surface area contributed by atoms with Crippen LogP contribution in [-0.2, 0) is 36.9 Å². The average Bonchev–Trinajstić information content (AvgIpc) is 3.15. The van der Waals surface area contributed by atoms with Gasteiger partial charge >= 0.3 is 18.2 Å². The van der Waals surface area contributed by atoms with E-state index < -0.39 is 41.5 Å². The highest BCUT2D eigenvalue weighted by Crippen LogP contribution is 2.27. The Labute approximate surface area is 325 Å². The normalized spacial score (nSPS) is 16.3. The van der Waals surface area contributed by atoms with Crippen molar-refractivity contribution in [1.29, 1.82) is 5.41 Å². The molecule has 0 spiro atoms. The van der Waals surface area contributed by atoms with Gasteiger partial charge in [0.25, 0.3) is 0 Å². The number of nitrogens with one attached hydrogen (secondary N) is 4. The third-order valence-electron chi connectivity index (χ3n) is 9.34. The summed E-state index contributed by atoms with van der Waals surface area (Å²) < 4.78 is 37.2. The number of rotatable bonds is 13. The third-order valence-corrected chi connectivity index (χ3v) is 9.34. The zero-order valence-electron chi connectivity index (χ0n) is 32.1. The Morgan fingerprint density at radius 3 is 1.98 bits per heavy atom. The van der Waals surface area contributed by atoms with Gasteiger partial charge in [-0.15, -0.1) is 0 Å². The summed E-state index contributed by atoms with van der Waals surface area (Å²) in [6.45, 7) is 9.27. The van der Waals surface area contributed by atoms with E-state index in [1.165, 1.54) is 0 Å². The molecular weight excluding hydrogens is 735 g/mol. The van der Waals surface area contributed by atoms with Crippen molar-refractivity contribution < 1.29 is 47.0 Å². The van der Waals surface area contributed by atoms with Crippen LogP contribution in [0.3, 0.4) is 0 Å².